The highest BCUT2D eigenvalue weighted by Gasteiger charge is 2.24. The van der Waals surface area contributed by atoms with Crippen LogP contribution in [0, 0.1) is 0 Å². The normalized spacial score (nSPS) is 15.8. The number of nitrogens with one attached hydrogen (secondary N) is 2. The molecule has 1 atom stereocenters. The second-order valence-electron chi connectivity index (χ2n) is 6.41. The van der Waals surface area contributed by atoms with E-state index in [0.717, 1.165) is 38.0 Å². The number of halogens is 1. The highest BCUT2D eigenvalue weighted by atomic mass is 35.5. The van der Waals surface area contributed by atoms with Crippen molar-refractivity contribution in [2.24, 2.45) is 0 Å². The van der Waals surface area contributed by atoms with Gasteiger partial charge < -0.3 is 10.1 Å². The van der Waals surface area contributed by atoms with Crippen LogP contribution < -0.4 is 10.6 Å². The van der Waals surface area contributed by atoms with Crippen LogP contribution in [-0.2, 0) is 19.4 Å². The molecule has 0 saturated heterocycles. The molecule has 0 heterocycles. The number of rotatable bonds is 5. The summed E-state index contributed by atoms with van der Waals surface area (Å²) in [5.41, 5.74) is -0.186. The Hall–Kier alpha value is -2.13. The van der Waals surface area contributed by atoms with Crippen molar-refractivity contribution in [1.29, 1.82) is 0 Å². The van der Waals surface area contributed by atoms with Crippen LogP contribution in [0.25, 0.3) is 0 Å². The molecule has 0 aliphatic heterocycles. The maximum Gasteiger partial charge on any atom is 0.340 e. The first-order valence-electron chi connectivity index (χ1n) is 8.40. The summed E-state index contributed by atoms with van der Waals surface area (Å²) >= 11 is 5.92. The molecule has 0 aromatic heterocycles. The van der Waals surface area contributed by atoms with Gasteiger partial charge in [0.1, 0.15) is 0 Å². The zero-order valence-corrected chi connectivity index (χ0v) is 16.5. The number of hydrogen-bond acceptors (Lipinski definition) is 6. The number of imide groups is 1. The number of carbonyl (C=O) groups excluding carboxylic acids is 3. The van der Waals surface area contributed by atoms with Gasteiger partial charge in [0.05, 0.1) is 15.5 Å². The number of ether oxygens (including phenoxy) is 1. The Morgan fingerprint density at radius 1 is 1.22 bits per heavy atom. The quantitative estimate of drug-likeness (QED) is 0.709. The van der Waals surface area contributed by atoms with Crippen molar-refractivity contribution in [2.45, 2.75) is 49.6 Å². The first-order valence-corrected chi connectivity index (χ1v) is 10.7. The zero-order valence-electron chi connectivity index (χ0n) is 15.0. The van der Waals surface area contributed by atoms with Gasteiger partial charge in [-0.25, -0.2) is 18.0 Å². The average Bonchev–Trinajstić information content (AvgIpc) is 3.06. The van der Waals surface area contributed by atoms with Gasteiger partial charge in [0, 0.05) is 12.3 Å². The number of hydrogen-bond donors (Lipinski definition) is 2. The van der Waals surface area contributed by atoms with Crippen LogP contribution >= 0.6 is 11.6 Å². The number of sulfone groups is 1. The summed E-state index contributed by atoms with van der Waals surface area (Å²) in [6.45, 7) is 1.30. The topological polar surface area (TPSA) is 119 Å². The Kier molecular flexibility index (Phi) is 6.83. The van der Waals surface area contributed by atoms with E-state index < -0.39 is 33.8 Å². The van der Waals surface area contributed by atoms with Crippen LogP contribution in [0.2, 0.25) is 5.02 Å². The standard InChI is InChI=1S/C17H21ClN2O6S/c1-10(15(21)20-17(23)19-11-5-3-4-6-11)26-16(22)13-9-12(27(2,24)25)7-8-14(13)18/h7-11H,3-6H2,1-2H3,(H2,19,20,21,23)/t10-/m0/s1. The second kappa shape index (κ2) is 8.71. The monoisotopic (exact) mass is 416 g/mol. The van der Waals surface area contributed by atoms with Gasteiger partial charge >= 0.3 is 12.0 Å². The van der Waals surface area contributed by atoms with Crippen molar-refractivity contribution in [3.63, 3.8) is 0 Å². The third-order valence-electron chi connectivity index (χ3n) is 4.17. The zero-order chi connectivity index (χ0) is 20.2. The molecule has 10 heteroatoms. The molecule has 27 heavy (non-hydrogen) atoms. The Morgan fingerprint density at radius 2 is 1.85 bits per heavy atom. The van der Waals surface area contributed by atoms with Crippen LogP contribution in [0.15, 0.2) is 23.1 Å². The molecule has 1 aromatic rings. The summed E-state index contributed by atoms with van der Waals surface area (Å²) in [4.78, 5) is 36.0. The predicted octanol–water partition coefficient (Wildman–Crippen LogP) is 2.06. The molecular formula is C17H21ClN2O6S. The van der Waals surface area contributed by atoms with Crippen molar-refractivity contribution >= 4 is 39.3 Å². The highest BCUT2D eigenvalue weighted by Crippen LogP contribution is 2.22. The number of carbonyl (C=O) groups is 3. The van der Waals surface area contributed by atoms with Gasteiger partial charge in [-0.1, -0.05) is 24.4 Å². The Bertz CT molecular complexity index is 849. The minimum absolute atomic E-state index is 0.0148. The molecule has 0 spiro atoms. The molecule has 0 bridgehead atoms. The largest absolute Gasteiger partial charge is 0.449 e. The molecule has 8 nitrogen and oxygen atoms in total. The Balaban J connectivity index is 1.98. The number of benzene rings is 1. The van der Waals surface area contributed by atoms with Crippen molar-refractivity contribution < 1.29 is 27.5 Å². The smallest absolute Gasteiger partial charge is 0.340 e. The van der Waals surface area contributed by atoms with Gasteiger partial charge in [0.15, 0.2) is 15.9 Å². The molecule has 2 rings (SSSR count). The van der Waals surface area contributed by atoms with Crippen LogP contribution in [0.5, 0.6) is 0 Å². The lowest BCUT2D eigenvalue weighted by Gasteiger charge is -2.16. The molecule has 2 N–H and O–H groups in total. The molecule has 1 aromatic carbocycles. The lowest BCUT2D eigenvalue weighted by molar-refractivity contribution is -0.127. The highest BCUT2D eigenvalue weighted by molar-refractivity contribution is 7.90. The average molecular weight is 417 g/mol. The SMILES string of the molecule is C[C@H](OC(=O)c1cc(S(C)(=O)=O)ccc1Cl)C(=O)NC(=O)NC1CCCC1. The fourth-order valence-corrected chi connectivity index (χ4v) is 3.52. The first kappa shape index (κ1) is 21.2. The Labute approximate surface area is 162 Å². The van der Waals surface area contributed by atoms with E-state index in [4.69, 9.17) is 16.3 Å². The van der Waals surface area contributed by atoms with E-state index in [0.29, 0.717) is 0 Å². The lowest BCUT2D eigenvalue weighted by atomic mass is 10.2. The molecule has 1 saturated carbocycles. The molecule has 0 radical (unpaired) electrons. The van der Waals surface area contributed by atoms with Gasteiger partial charge in [0.2, 0.25) is 0 Å². The molecule has 1 aliphatic carbocycles. The van der Waals surface area contributed by atoms with Crippen LogP contribution in [-0.4, -0.2) is 44.7 Å². The van der Waals surface area contributed by atoms with Crippen molar-refractivity contribution in [1.82, 2.24) is 10.6 Å². The second-order valence-corrected chi connectivity index (χ2v) is 8.83. The molecule has 3 amide bonds. The molecule has 0 unspecified atom stereocenters. The van der Waals surface area contributed by atoms with E-state index >= 15 is 0 Å². The first-order chi connectivity index (χ1) is 12.6. The summed E-state index contributed by atoms with van der Waals surface area (Å²) < 4.78 is 28.2. The van der Waals surface area contributed by atoms with Crippen molar-refractivity contribution in [3.05, 3.63) is 28.8 Å². The van der Waals surface area contributed by atoms with Crippen molar-refractivity contribution in [2.75, 3.05) is 6.26 Å². The molecule has 148 valence electrons. The maximum absolute atomic E-state index is 12.2. The summed E-state index contributed by atoms with van der Waals surface area (Å²) in [6.07, 6.45) is 3.50. The van der Waals surface area contributed by atoms with E-state index in [1.54, 1.807) is 0 Å². The number of esters is 1. The third kappa shape index (κ3) is 5.93. The van der Waals surface area contributed by atoms with E-state index in [9.17, 15) is 22.8 Å². The summed E-state index contributed by atoms with van der Waals surface area (Å²) in [7, 11) is -3.55. The van der Waals surface area contributed by atoms with E-state index in [2.05, 4.69) is 10.6 Å². The third-order valence-corrected chi connectivity index (χ3v) is 5.61. The summed E-state index contributed by atoms with van der Waals surface area (Å²) in [6, 6.07) is 2.99. The van der Waals surface area contributed by atoms with Gasteiger partial charge in [-0.05, 0) is 38.0 Å². The van der Waals surface area contributed by atoms with E-state index in [1.807, 2.05) is 0 Å². The molecule has 1 aliphatic rings. The fourth-order valence-electron chi connectivity index (χ4n) is 2.67. The van der Waals surface area contributed by atoms with Crippen LogP contribution in [0.3, 0.4) is 0 Å². The van der Waals surface area contributed by atoms with E-state index in [1.165, 1.54) is 19.1 Å². The van der Waals surface area contributed by atoms with E-state index in [-0.39, 0.29) is 21.5 Å². The van der Waals surface area contributed by atoms with Crippen molar-refractivity contribution in [3.8, 4) is 0 Å². The number of amides is 3. The maximum atomic E-state index is 12.2. The van der Waals surface area contributed by atoms with Gasteiger partial charge in [-0.3, -0.25) is 10.1 Å². The Morgan fingerprint density at radius 3 is 2.44 bits per heavy atom. The van der Waals surface area contributed by atoms with Gasteiger partial charge in [0.25, 0.3) is 5.91 Å². The predicted molar refractivity (Wildman–Crippen MR) is 98.4 cm³/mol. The minimum atomic E-state index is -3.55. The van der Waals surface area contributed by atoms with Gasteiger partial charge in [-0.15, -0.1) is 0 Å². The van der Waals surface area contributed by atoms with Gasteiger partial charge in [-0.2, -0.15) is 0 Å². The minimum Gasteiger partial charge on any atom is -0.449 e. The molecular weight excluding hydrogens is 396 g/mol. The summed E-state index contributed by atoms with van der Waals surface area (Å²) in [5, 5.41) is 4.79. The molecule has 1 fully saturated rings. The lowest BCUT2D eigenvalue weighted by Crippen LogP contribution is -2.47. The fraction of sp³-hybridized carbons (Fsp3) is 0.471. The summed E-state index contributed by atoms with van der Waals surface area (Å²) in [5.74, 6) is -1.77. The van der Waals surface area contributed by atoms with Crippen LogP contribution in [0.1, 0.15) is 43.0 Å². The van der Waals surface area contributed by atoms with Crippen LogP contribution in [0.4, 0.5) is 4.79 Å². The number of urea groups is 1.